The molecule has 0 aliphatic heterocycles. The minimum Gasteiger partial charge on any atom is -0.391 e. The number of hydrogen-bond donors (Lipinski definition) is 2. The van der Waals surface area contributed by atoms with Crippen molar-refractivity contribution in [1.29, 1.82) is 0 Å². The van der Waals surface area contributed by atoms with Crippen LogP contribution in [0.2, 0.25) is 0 Å². The highest BCUT2D eigenvalue weighted by Crippen LogP contribution is 2.22. The van der Waals surface area contributed by atoms with Crippen molar-refractivity contribution in [1.82, 2.24) is 29.9 Å². The number of aromatic amines is 1. The maximum atomic E-state index is 13.1. The lowest BCUT2D eigenvalue weighted by atomic mass is 10.2. The van der Waals surface area contributed by atoms with Gasteiger partial charge in [0.1, 0.15) is 17.5 Å². The van der Waals surface area contributed by atoms with Crippen LogP contribution in [0, 0.1) is 12.7 Å². The lowest BCUT2D eigenvalue weighted by Gasteiger charge is -2.09. The van der Waals surface area contributed by atoms with Gasteiger partial charge in [0.05, 0.1) is 18.4 Å². The molecule has 3 aromatic rings. The summed E-state index contributed by atoms with van der Waals surface area (Å²) in [5.41, 5.74) is 0.728. The van der Waals surface area contributed by atoms with Gasteiger partial charge in [-0.1, -0.05) is 18.7 Å². The Hall–Kier alpha value is -2.26. The van der Waals surface area contributed by atoms with Crippen molar-refractivity contribution in [3.05, 3.63) is 41.7 Å². The van der Waals surface area contributed by atoms with Crippen molar-refractivity contribution in [3.63, 3.8) is 0 Å². The monoisotopic (exact) mass is 362 g/mol. The first-order valence-electron chi connectivity index (χ1n) is 7.94. The molecule has 0 spiro atoms. The number of aliphatic hydroxyl groups excluding tert-OH is 1. The predicted molar refractivity (Wildman–Crippen MR) is 92.4 cm³/mol. The van der Waals surface area contributed by atoms with Crippen LogP contribution in [0.25, 0.3) is 11.4 Å². The first-order valence-corrected chi connectivity index (χ1v) is 8.93. The Morgan fingerprint density at radius 3 is 2.68 bits per heavy atom. The third-order valence-corrected chi connectivity index (χ3v) is 4.46. The Morgan fingerprint density at radius 1 is 1.28 bits per heavy atom. The van der Waals surface area contributed by atoms with Gasteiger partial charge in [0.2, 0.25) is 5.16 Å². The minimum absolute atomic E-state index is 0.305. The first-order chi connectivity index (χ1) is 12.0. The van der Waals surface area contributed by atoms with Crippen LogP contribution in [0.3, 0.4) is 0 Å². The average molecular weight is 362 g/mol. The molecule has 9 heteroatoms. The Kier molecular flexibility index (Phi) is 5.44. The predicted octanol–water partition coefficient (Wildman–Crippen LogP) is 2.57. The second kappa shape index (κ2) is 7.75. The van der Waals surface area contributed by atoms with Crippen LogP contribution in [-0.2, 0) is 12.3 Å². The average Bonchev–Trinajstić information content (AvgIpc) is 3.19. The van der Waals surface area contributed by atoms with Crippen molar-refractivity contribution in [2.75, 3.05) is 0 Å². The van der Waals surface area contributed by atoms with Gasteiger partial charge in [0, 0.05) is 5.56 Å². The van der Waals surface area contributed by atoms with Crippen molar-refractivity contribution < 1.29 is 9.50 Å². The largest absolute Gasteiger partial charge is 0.391 e. The summed E-state index contributed by atoms with van der Waals surface area (Å²) in [5.74, 6) is 2.17. The number of aromatic nitrogens is 6. The summed E-state index contributed by atoms with van der Waals surface area (Å²) < 4.78 is 14.8. The first kappa shape index (κ1) is 17.6. The van der Waals surface area contributed by atoms with Crippen LogP contribution >= 0.6 is 11.8 Å². The van der Waals surface area contributed by atoms with Gasteiger partial charge in [-0.2, -0.15) is 5.10 Å². The number of nitrogens with zero attached hydrogens (tertiary/aromatic N) is 5. The summed E-state index contributed by atoms with van der Waals surface area (Å²) in [5, 5.41) is 22.0. The second-order valence-electron chi connectivity index (χ2n) is 5.59. The SMILES string of the molecule is CC[C@@H](O)Cn1nc(-c2ccc(F)cc2)nc1CSc1n[nH]c(C)n1. The molecule has 0 radical (unpaired) electrons. The van der Waals surface area contributed by atoms with E-state index < -0.39 is 6.10 Å². The zero-order valence-corrected chi connectivity index (χ0v) is 14.8. The van der Waals surface area contributed by atoms with E-state index in [9.17, 15) is 9.50 Å². The number of rotatable bonds is 7. The molecule has 0 unspecified atom stereocenters. The van der Waals surface area contributed by atoms with E-state index in [0.29, 0.717) is 35.5 Å². The molecule has 1 atom stereocenters. The molecule has 0 fully saturated rings. The quantitative estimate of drug-likeness (QED) is 0.628. The van der Waals surface area contributed by atoms with Crippen molar-refractivity contribution in [2.24, 2.45) is 0 Å². The van der Waals surface area contributed by atoms with Gasteiger partial charge in [-0.25, -0.2) is 19.0 Å². The molecule has 25 heavy (non-hydrogen) atoms. The third-order valence-electron chi connectivity index (χ3n) is 3.61. The van der Waals surface area contributed by atoms with E-state index in [1.165, 1.54) is 23.9 Å². The number of aliphatic hydroxyl groups is 1. The lowest BCUT2D eigenvalue weighted by Crippen LogP contribution is -2.17. The topological polar surface area (TPSA) is 92.5 Å². The molecule has 0 amide bonds. The molecule has 0 aliphatic rings. The second-order valence-corrected chi connectivity index (χ2v) is 6.54. The van der Waals surface area contributed by atoms with E-state index in [2.05, 4.69) is 25.3 Å². The van der Waals surface area contributed by atoms with Gasteiger partial charge < -0.3 is 5.11 Å². The van der Waals surface area contributed by atoms with Crippen LogP contribution in [0.1, 0.15) is 25.0 Å². The van der Waals surface area contributed by atoms with Gasteiger partial charge in [-0.05, 0) is 37.6 Å². The summed E-state index contributed by atoms with van der Waals surface area (Å²) in [6, 6.07) is 6.03. The number of aryl methyl sites for hydroxylation is 1. The number of hydrogen-bond acceptors (Lipinski definition) is 6. The molecule has 0 saturated heterocycles. The van der Waals surface area contributed by atoms with E-state index in [4.69, 9.17) is 0 Å². The molecule has 2 heterocycles. The van der Waals surface area contributed by atoms with E-state index in [1.54, 1.807) is 16.8 Å². The van der Waals surface area contributed by atoms with Gasteiger partial charge in [-0.15, -0.1) is 5.10 Å². The van der Waals surface area contributed by atoms with E-state index in [1.807, 2.05) is 13.8 Å². The highest BCUT2D eigenvalue weighted by Gasteiger charge is 2.15. The smallest absolute Gasteiger partial charge is 0.208 e. The molecule has 1 aromatic carbocycles. The van der Waals surface area contributed by atoms with E-state index in [-0.39, 0.29) is 5.82 Å². The Balaban J connectivity index is 1.84. The lowest BCUT2D eigenvalue weighted by molar-refractivity contribution is 0.144. The van der Waals surface area contributed by atoms with E-state index >= 15 is 0 Å². The van der Waals surface area contributed by atoms with Gasteiger partial charge in [0.25, 0.3) is 0 Å². The maximum Gasteiger partial charge on any atom is 0.208 e. The molecule has 7 nitrogen and oxygen atoms in total. The third kappa shape index (κ3) is 4.43. The van der Waals surface area contributed by atoms with Gasteiger partial charge in [-0.3, -0.25) is 5.10 Å². The number of benzene rings is 1. The standard InChI is InChI=1S/C16H19FN6OS/c1-3-13(24)8-23-14(9-25-16-18-10(2)20-21-16)19-15(22-23)11-4-6-12(17)7-5-11/h4-7,13,24H,3,8-9H2,1-2H3,(H,18,20,21)/t13-/m1/s1. The maximum absolute atomic E-state index is 13.1. The fourth-order valence-electron chi connectivity index (χ4n) is 2.19. The Morgan fingerprint density at radius 2 is 2.04 bits per heavy atom. The summed E-state index contributed by atoms with van der Waals surface area (Å²) in [6.45, 7) is 4.10. The molecular weight excluding hydrogens is 343 g/mol. The molecule has 132 valence electrons. The van der Waals surface area contributed by atoms with Crippen LogP contribution < -0.4 is 0 Å². The van der Waals surface area contributed by atoms with E-state index in [0.717, 1.165) is 11.4 Å². The minimum atomic E-state index is -0.503. The molecular formula is C16H19FN6OS. The molecule has 2 N–H and O–H groups in total. The molecule has 0 saturated carbocycles. The van der Waals surface area contributed by atoms with Crippen molar-refractivity contribution in [3.8, 4) is 11.4 Å². The summed E-state index contributed by atoms with van der Waals surface area (Å²) >= 11 is 1.44. The molecule has 2 aromatic heterocycles. The zero-order valence-electron chi connectivity index (χ0n) is 14.0. The fourth-order valence-corrected chi connectivity index (χ4v) is 2.98. The number of nitrogens with one attached hydrogen (secondary N) is 1. The van der Waals surface area contributed by atoms with Gasteiger partial charge >= 0.3 is 0 Å². The van der Waals surface area contributed by atoms with Crippen LogP contribution in [0.4, 0.5) is 4.39 Å². The number of halogens is 1. The van der Waals surface area contributed by atoms with Crippen LogP contribution in [-0.4, -0.2) is 41.2 Å². The van der Waals surface area contributed by atoms with Crippen LogP contribution in [0.15, 0.2) is 29.4 Å². The molecule has 3 rings (SSSR count). The Labute approximate surface area is 148 Å². The van der Waals surface area contributed by atoms with Crippen molar-refractivity contribution in [2.45, 2.75) is 43.8 Å². The number of thioether (sulfide) groups is 1. The summed E-state index contributed by atoms with van der Waals surface area (Å²) in [7, 11) is 0. The molecule has 0 aliphatic carbocycles. The Bertz CT molecular complexity index is 832. The van der Waals surface area contributed by atoms with Crippen LogP contribution in [0.5, 0.6) is 0 Å². The number of H-pyrrole nitrogens is 1. The highest BCUT2D eigenvalue weighted by molar-refractivity contribution is 7.98. The van der Waals surface area contributed by atoms with Crippen molar-refractivity contribution >= 4 is 11.8 Å². The summed E-state index contributed by atoms with van der Waals surface area (Å²) in [4.78, 5) is 8.81. The highest BCUT2D eigenvalue weighted by atomic mass is 32.2. The zero-order chi connectivity index (χ0) is 17.8. The molecule has 0 bridgehead atoms. The summed E-state index contributed by atoms with van der Waals surface area (Å²) in [6.07, 6.45) is 0.121. The normalized spacial score (nSPS) is 12.5. The fraction of sp³-hybridized carbons (Fsp3) is 0.375. The van der Waals surface area contributed by atoms with Gasteiger partial charge in [0.15, 0.2) is 5.82 Å².